The van der Waals surface area contributed by atoms with Gasteiger partial charge in [0.1, 0.15) is 0 Å². The molecule has 0 aliphatic carbocycles. The summed E-state index contributed by atoms with van der Waals surface area (Å²) < 4.78 is 0. The van der Waals surface area contributed by atoms with E-state index in [4.69, 9.17) is 0 Å². The smallest absolute Gasteiger partial charge is 0.225 e. The quantitative estimate of drug-likeness (QED) is 0.903. The number of carbonyl (C=O) groups is 1. The normalized spacial score (nSPS) is 18.1. The lowest BCUT2D eigenvalue weighted by Crippen LogP contribution is -2.27. The Balaban J connectivity index is 1.72. The number of carbonyl (C=O) groups excluding carboxylic acids is 1. The Morgan fingerprint density at radius 1 is 1.30 bits per heavy atom. The summed E-state index contributed by atoms with van der Waals surface area (Å²) in [5.41, 5.74) is 1.99. The van der Waals surface area contributed by atoms with E-state index >= 15 is 0 Å². The Hall–Kier alpha value is -1.65. The number of para-hydroxylation sites is 1. The molecule has 2 heterocycles. The molecule has 20 heavy (non-hydrogen) atoms. The molecule has 0 bridgehead atoms. The summed E-state index contributed by atoms with van der Waals surface area (Å²) in [6.07, 6.45) is 2.82. The van der Waals surface area contributed by atoms with E-state index in [9.17, 15) is 4.79 Å². The van der Waals surface area contributed by atoms with Crippen LogP contribution in [0, 0.1) is 0 Å². The van der Waals surface area contributed by atoms with Crippen LogP contribution in [0.3, 0.4) is 0 Å². The first-order valence-corrected chi connectivity index (χ1v) is 7.87. The SMILES string of the molecule is O=C(CC1CCCN1)Nc1ccccc1-c1cccs1. The maximum atomic E-state index is 12.1. The summed E-state index contributed by atoms with van der Waals surface area (Å²) >= 11 is 1.69. The van der Waals surface area contributed by atoms with E-state index in [1.54, 1.807) is 11.3 Å². The zero-order chi connectivity index (χ0) is 13.8. The number of amides is 1. The maximum absolute atomic E-state index is 12.1. The van der Waals surface area contributed by atoms with Crippen LogP contribution in [0.1, 0.15) is 19.3 Å². The third kappa shape index (κ3) is 3.08. The fourth-order valence-electron chi connectivity index (χ4n) is 2.59. The van der Waals surface area contributed by atoms with Crippen molar-refractivity contribution in [1.82, 2.24) is 5.32 Å². The number of anilines is 1. The highest BCUT2D eigenvalue weighted by Crippen LogP contribution is 2.31. The van der Waals surface area contributed by atoms with Gasteiger partial charge >= 0.3 is 0 Å². The van der Waals surface area contributed by atoms with Gasteiger partial charge in [-0.25, -0.2) is 0 Å². The topological polar surface area (TPSA) is 41.1 Å². The Morgan fingerprint density at radius 2 is 2.20 bits per heavy atom. The second kappa shape index (κ2) is 6.20. The summed E-state index contributed by atoms with van der Waals surface area (Å²) in [6.45, 7) is 1.03. The minimum absolute atomic E-state index is 0.0911. The molecule has 1 unspecified atom stereocenters. The van der Waals surface area contributed by atoms with Gasteiger partial charge in [-0.1, -0.05) is 24.3 Å². The predicted molar refractivity (Wildman–Crippen MR) is 84.0 cm³/mol. The molecule has 0 saturated carbocycles. The molecule has 3 nitrogen and oxygen atoms in total. The minimum atomic E-state index is 0.0911. The first kappa shape index (κ1) is 13.3. The molecule has 0 radical (unpaired) electrons. The lowest BCUT2D eigenvalue weighted by Gasteiger charge is -2.12. The van der Waals surface area contributed by atoms with Crippen LogP contribution < -0.4 is 10.6 Å². The molecule has 1 atom stereocenters. The summed E-state index contributed by atoms with van der Waals surface area (Å²) in [7, 11) is 0. The van der Waals surface area contributed by atoms with Crippen molar-refractivity contribution in [2.24, 2.45) is 0 Å². The molecule has 1 saturated heterocycles. The van der Waals surface area contributed by atoms with Crippen molar-refractivity contribution in [3.8, 4) is 10.4 Å². The van der Waals surface area contributed by atoms with Gasteiger partial charge in [0.05, 0.1) is 0 Å². The van der Waals surface area contributed by atoms with Crippen LogP contribution in [-0.2, 0) is 4.79 Å². The number of benzene rings is 1. The molecule has 1 aliphatic heterocycles. The lowest BCUT2D eigenvalue weighted by atomic mass is 10.1. The number of thiophene rings is 1. The second-order valence-corrected chi connectivity index (χ2v) is 6.02. The fraction of sp³-hybridized carbons (Fsp3) is 0.312. The number of hydrogen-bond donors (Lipinski definition) is 2. The average Bonchev–Trinajstić information content (AvgIpc) is 3.11. The van der Waals surface area contributed by atoms with Gasteiger partial charge in [0.25, 0.3) is 0 Å². The van der Waals surface area contributed by atoms with E-state index < -0.39 is 0 Å². The van der Waals surface area contributed by atoms with Crippen LogP contribution in [-0.4, -0.2) is 18.5 Å². The van der Waals surface area contributed by atoms with Gasteiger partial charge in [0.2, 0.25) is 5.91 Å². The molecular formula is C16H18N2OS. The molecule has 2 N–H and O–H groups in total. The van der Waals surface area contributed by atoms with E-state index in [0.29, 0.717) is 12.5 Å². The van der Waals surface area contributed by atoms with Crippen molar-refractivity contribution in [3.63, 3.8) is 0 Å². The van der Waals surface area contributed by atoms with E-state index in [0.717, 1.165) is 24.2 Å². The average molecular weight is 286 g/mol. The van der Waals surface area contributed by atoms with Gasteiger partial charge in [0.15, 0.2) is 0 Å². The standard InChI is InChI=1S/C16H18N2OS/c19-16(11-12-5-3-9-17-12)18-14-7-2-1-6-13(14)15-8-4-10-20-15/h1-2,4,6-8,10,12,17H,3,5,9,11H2,(H,18,19). The van der Waals surface area contributed by atoms with Gasteiger partial charge in [-0.15, -0.1) is 11.3 Å². The first-order valence-electron chi connectivity index (χ1n) is 6.99. The maximum Gasteiger partial charge on any atom is 0.225 e. The first-order chi connectivity index (χ1) is 9.83. The van der Waals surface area contributed by atoms with Crippen molar-refractivity contribution < 1.29 is 4.79 Å². The Kier molecular flexibility index (Phi) is 4.14. The lowest BCUT2D eigenvalue weighted by molar-refractivity contribution is -0.116. The van der Waals surface area contributed by atoms with Gasteiger partial charge in [-0.3, -0.25) is 4.79 Å². The highest BCUT2D eigenvalue weighted by Gasteiger charge is 2.18. The third-order valence-electron chi connectivity index (χ3n) is 3.58. The molecule has 104 valence electrons. The molecule has 1 fully saturated rings. The van der Waals surface area contributed by atoms with E-state index in [2.05, 4.69) is 28.1 Å². The predicted octanol–water partition coefficient (Wildman–Crippen LogP) is 3.50. The fourth-order valence-corrected chi connectivity index (χ4v) is 3.36. The number of hydrogen-bond acceptors (Lipinski definition) is 3. The zero-order valence-electron chi connectivity index (χ0n) is 11.3. The molecule has 1 aliphatic rings. The van der Waals surface area contributed by atoms with Crippen molar-refractivity contribution in [3.05, 3.63) is 41.8 Å². The molecule has 1 aromatic heterocycles. The molecular weight excluding hydrogens is 268 g/mol. The largest absolute Gasteiger partial charge is 0.325 e. The molecule has 3 rings (SSSR count). The molecule has 2 aromatic rings. The van der Waals surface area contributed by atoms with Crippen LogP contribution in [0.25, 0.3) is 10.4 Å². The van der Waals surface area contributed by atoms with Crippen LogP contribution in [0.4, 0.5) is 5.69 Å². The van der Waals surface area contributed by atoms with Crippen molar-refractivity contribution in [1.29, 1.82) is 0 Å². The Bertz CT molecular complexity index is 574. The van der Waals surface area contributed by atoms with E-state index in [1.165, 1.54) is 11.3 Å². The highest BCUT2D eigenvalue weighted by atomic mass is 32.1. The Labute approximate surface area is 123 Å². The van der Waals surface area contributed by atoms with E-state index in [-0.39, 0.29) is 5.91 Å². The third-order valence-corrected chi connectivity index (χ3v) is 4.49. The number of nitrogens with one attached hydrogen (secondary N) is 2. The molecule has 1 amide bonds. The van der Waals surface area contributed by atoms with Gasteiger partial charge in [-0.2, -0.15) is 0 Å². The molecule has 0 spiro atoms. The minimum Gasteiger partial charge on any atom is -0.325 e. The van der Waals surface area contributed by atoms with Gasteiger partial charge in [0, 0.05) is 28.6 Å². The number of rotatable bonds is 4. The van der Waals surface area contributed by atoms with Crippen molar-refractivity contribution >= 4 is 22.9 Å². The molecule has 4 heteroatoms. The van der Waals surface area contributed by atoms with Crippen LogP contribution in [0.15, 0.2) is 41.8 Å². The van der Waals surface area contributed by atoms with Crippen LogP contribution in [0.5, 0.6) is 0 Å². The Morgan fingerprint density at radius 3 is 2.95 bits per heavy atom. The van der Waals surface area contributed by atoms with E-state index in [1.807, 2.05) is 24.3 Å². The van der Waals surface area contributed by atoms with Gasteiger partial charge in [-0.05, 0) is 36.9 Å². The van der Waals surface area contributed by atoms with Crippen molar-refractivity contribution in [2.75, 3.05) is 11.9 Å². The summed E-state index contributed by atoms with van der Waals surface area (Å²) in [5, 5.41) is 8.46. The van der Waals surface area contributed by atoms with Gasteiger partial charge < -0.3 is 10.6 Å². The van der Waals surface area contributed by atoms with Crippen molar-refractivity contribution in [2.45, 2.75) is 25.3 Å². The summed E-state index contributed by atoms with van der Waals surface area (Å²) in [6, 6.07) is 12.4. The van der Waals surface area contributed by atoms with Crippen LogP contribution in [0.2, 0.25) is 0 Å². The monoisotopic (exact) mass is 286 g/mol. The summed E-state index contributed by atoms with van der Waals surface area (Å²) in [4.78, 5) is 13.3. The zero-order valence-corrected chi connectivity index (χ0v) is 12.1. The highest BCUT2D eigenvalue weighted by molar-refractivity contribution is 7.13. The summed E-state index contributed by atoms with van der Waals surface area (Å²) in [5.74, 6) is 0.0911. The van der Waals surface area contributed by atoms with Crippen LogP contribution >= 0.6 is 11.3 Å². The second-order valence-electron chi connectivity index (χ2n) is 5.07. The molecule has 1 aromatic carbocycles.